The molecule has 23 heavy (non-hydrogen) atoms. The predicted molar refractivity (Wildman–Crippen MR) is 88.2 cm³/mol. The van der Waals surface area contributed by atoms with E-state index < -0.39 is 16.6 Å². The Hall–Kier alpha value is -2.58. The average Bonchev–Trinajstić information content (AvgIpc) is 2.48. The zero-order valence-electron chi connectivity index (χ0n) is 11.4. The Morgan fingerprint density at radius 3 is 2.65 bits per heavy atom. The first kappa shape index (κ1) is 16.8. The molecule has 1 amide bonds. The molecule has 9 heteroatoms. The van der Waals surface area contributed by atoms with Crippen molar-refractivity contribution in [1.29, 1.82) is 0 Å². The van der Waals surface area contributed by atoms with Crippen LogP contribution in [0.25, 0.3) is 0 Å². The maximum atomic E-state index is 13.1. The van der Waals surface area contributed by atoms with E-state index in [1.807, 2.05) is 0 Å². The van der Waals surface area contributed by atoms with Gasteiger partial charge >= 0.3 is 0 Å². The molecule has 118 valence electrons. The number of carbonyl (C=O) groups is 1. The highest BCUT2D eigenvalue weighted by Crippen LogP contribution is 2.27. The lowest BCUT2D eigenvalue weighted by Gasteiger charge is -2.10. The molecule has 0 heterocycles. The highest BCUT2D eigenvalue weighted by Gasteiger charge is 2.16. The first-order valence-electron chi connectivity index (χ1n) is 6.18. The number of nitrogens with zero attached hydrogens (tertiary/aromatic N) is 1. The number of carbonyl (C=O) groups excluding carboxylic acids is 1. The first-order chi connectivity index (χ1) is 10.9. The van der Waals surface area contributed by atoms with E-state index in [2.05, 4.69) is 10.6 Å². The molecule has 0 spiro atoms. The molecule has 2 N–H and O–H groups in total. The fraction of sp³-hybridized carbons (Fsp3) is 0. The summed E-state index contributed by atoms with van der Waals surface area (Å²) in [5.74, 6) is -1.21. The van der Waals surface area contributed by atoms with Gasteiger partial charge in [0.05, 0.1) is 4.92 Å². The van der Waals surface area contributed by atoms with Gasteiger partial charge in [0.25, 0.3) is 11.6 Å². The molecule has 2 rings (SSSR count). The van der Waals surface area contributed by atoms with Crippen LogP contribution in [0, 0.1) is 15.9 Å². The molecule has 0 bridgehead atoms. The molecule has 0 atom stereocenters. The lowest BCUT2D eigenvalue weighted by molar-refractivity contribution is -0.383. The van der Waals surface area contributed by atoms with Crippen molar-refractivity contribution in [3.63, 3.8) is 0 Å². The summed E-state index contributed by atoms with van der Waals surface area (Å²) in [6.07, 6.45) is 0. The van der Waals surface area contributed by atoms with Gasteiger partial charge in [-0.3, -0.25) is 20.2 Å². The van der Waals surface area contributed by atoms with Crippen LogP contribution in [-0.4, -0.2) is 15.9 Å². The first-order valence-corrected chi connectivity index (χ1v) is 6.97. The number of hydrogen-bond acceptors (Lipinski definition) is 4. The van der Waals surface area contributed by atoms with Crippen LogP contribution in [0.1, 0.15) is 10.4 Å². The van der Waals surface area contributed by atoms with Crippen molar-refractivity contribution < 1.29 is 14.1 Å². The summed E-state index contributed by atoms with van der Waals surface area (Å²) in [4.78, 5) is 22.2. The molecular weight excluding hydrogens is 345 g/mol. The van der Waals surface area contributed by atoms with Crippen LogP contribution in [0.5, 0.6) is 0 Å². The van der Waals surface area contributed by atoms with Gasteiger partial charge in [0.2, 0.25) is 0 Å². The van der Waals surface area contributed by atoms with Crippen LogP contribution < -0.4 is 10.6 Å². The lowest BCUT2D eigenvalue weighted by atomic mass is 10.2. The van der Waals surface area contributed by atoms with Crippen molar-refractivity contribution in [2.24, 2.45) is 0 Å². The van der Waals surface area contributed by atoms with E-state index in [0.717, 1.165) is 12.1 Å². The maximum Gasteiger partial charge on any atom is 0.294 e. The SMILES string of the molecule is O=C(NC(=S)Nc1ccc(Cl)cc1[N+](=O)[O-])c1cccc(F)c1. The minimum absolute atomic E-state index is 0.0692. The largest absolute Gasteiger partial charge is 0.327 e. The van der Waals surface area contributed by atoms with Crippen LogP contribution in [0.2, 0.25) is 5.02 Å². The predicted octanol–water partition coefficient (Wildman–Crippen LogP) is 3.51. The Morgan fingerprint density at radius 1 is 1.26 bits per heavy atom. The Morgan fingerprint density at radius 2 is 2.00 bits per heavy atom. The highest BCUT2D eigenvalue weighted by atomic mass is 35.5. The normalized spacial score (nSPS) is 10.0. The molecule has 6 nitrogen and oxygen atoms in total. The summed E-state index contributed by atoms with van der Waals surface area (Å²) in [6.45, 7) is 0. The van der Waals surface area contributed by atoms with Crippen LogP contribution in [-0.2, 0) is 0 Å². The average molecular weight is 354 g/mol. The van der Waals surface area contributed by atoms with Gasteiger partial charge in [-0.1, -0.05) is 17.7 Å². The Labute approximate surface area is 140 Å². The summed E-state index contributed by atoms with van der Waals surface area (Å²) in [6, 6.07) is 8.99. The van der Waals surface area contributed by atoms with E-state index in [0.29, 0.717) is 0 Å². The molecule has 0 saturated heterocycles. The third-order valence-corrected chi connectivity index (χ3v) is 3.16. The van der Waals surface area contributed by atoms with Gasteiger partial charge in [0, 0.05) is 16.7 Å². The van der Waals surface area contributed by atoms with Gasteiger partial charge in [-0.05, 0) is 42.5 Å². The summed E-state index contributed by atoms with van der Waals surface area (Å²) in [5, 5.41) is 15.9. The topological polar surface area (TPSA) is 84.3 Å². The monoisotopic (exact) mass is 353 g/mol. The van der Waals surface area contributed by atoms with Crippen molar-refractivity contribution in [2.75, 3.05) is 5.32 Å². The van der Waals surface area contributed by atoms with Crippen molar-refractivity contribution in [3.8, 4) is 0 Å². The van der Waals surface area contributed by atoms with E-state index in [1.165, 1.54) is 30.3 Å². The van der Waals surface area contributed by atoms with Crippen molar-refractivity contribution in [3.05, 3.63) is 69.0 Å². The summed E-state index contributed by atoms with van der Waals surface area (Å²) in [5.41, 5.74) is -0.149. The van der Waals surface area contributed by atoms with E-state index in [1.54, 1.807) is 0 Å². The molecule has 0 radical (unpaired) electrons. The second kappa shape index (κ2) is 7.12. The summed E-state index contributed by atoms with van der Waals surface area (Å²) >= 11 is 10.6. The minimum atomic E-state index is -0.640. The van der Waals surface area contributed by atoms with Gasteiger partial charge in [0.1, 0.15) is 11.5 Å². The number of halogens is 2. The number of hydrogen-bond donors (Lipinski definition) is 2. The Balaban J connectivity index is 2.11. The molecule has 2 aromatic rings. The van der Waals surface area contributed by atoms with Crippen LogP contribution in [0.15, 0.2) is 42.5 Å². The zero-order valence-corrected chi connectivity index (χ0v) is 13.0. The number of nitrogens with one attached hydrogen (secondary N) is 2. The summed E-state index contributed by atoms with van der Waals surface area (Å²) < 4.78 is 13.1. The molecule has 0 aliphatic carbocycles. The van der Waals surface area contributed by atoms with Gasteiger partial charge in [-0.25, -0.2) is 4.39 Å². The van der Waals surface area contributed by atoms with Gasteiger partial charge < -0.3 is 5.32 Å². The van der Waals surface area contributed by atoms with E-state index in [9.17, 15) is 19.3 Å². The molecule has 0 saturated carbocycles. The number of amides is 1. The molecular formula is C14H9ClFN3O3S. The zero-order chi connectivity index (χ0) is 17.0. The Kier molecular flexibility index (Phi) is 5.20. The van der Waals surface area contributed by atoms with E-state index >= 15 is 0 Å². The Bertz CT molecular complexity index is 801. The van der Waals surface area contributed by atoms with Crippen LogP contribution >= 0.6 is 23.8 Å². The quantitative estimate of drug-likeness (QED) is 0.501. The number of anilines is 1. The number of nitro benzene ring substituents is 1. The molecule has 2 aromatic carbocycles. The number of nitro groups is 1. The third-order valence-electron chi connectivity index (χ3n) is 2.72. The van der Waals surface area contributed by atoms with Crippen LogP contribution in [0.4, 0.5) is 15.8 Å². The van der Waals surface area contributed by atoms with E-state index in [4.69, 9.17) is 23.8 Å². The fourth-order valence-corrected chi connectivity index (χ4v) is 2.09. The molecule has 0 unspecified atom stereocenters. The van der Waals surface area contributed by atoms with E-state index in [-0.39, 0.29) is 27.1 Å². The number of benzene rings is 2. The smallest absolute Gasteiger partial charge is 0.294 e. The van der Waals surface area contributed by atoms with Gasteiger partial charge in [-0.15, -0.1) is 0 Å². The minimum Gasteiger partial charge on any atom is -0.327 e. The lowest BCUT2D eigenvalue weighted by Crippen LogP contribution is -2.34. The number of thiocarbonyl (C=S) groups is 1. The standard InChI is InChI=1S/C14H9ClFN3O3S/c15-9-4-5-11(12(7-9)19(21)22)17-14(23)18-13(20)8-2-1-3-10(16)6-8/h1-7H,(H2,17,18,20,23). The van der Waals surface area contributed by atoms with Gasteiger partial charge in [-0.2, -0.15) is 0 Å². The number of rotatable bonds is 3. The second-order valence-corrected chi connectivity index (χ2v) is 5.18. The van der Waals surface area contributed by atoms with Crippen molar-refractivity contribution in [1.82, 2.24) is 5.32 Å². The van der Waals surface area contributed by atoms with Crippen molar-refractivity contribution >= 4 is 46.2 Å². The highest BCUT2D eigenvalue weighted by molar-refractivity contribution is 7.80. The second-order valence-electron chi connectivity index (χ2n) is 4.34. The molecule has 0 aliphatic heterocycles. The maximum absolute atomic E-state index is 13.1. The molecule has 0 fully saturated rings. The van der Waals surface area contributed by atoms with Crippen LogP contribution in [0.3, 0.4) is 0 Å². The van der Waals surface area contributed by atoms with Crippen molar-refractivity contribution in [2.45, 2.75) is 0 Å². The summed E-state index contributed by atoms with van der Waals surface area (Å²) in [7, 11) is 0. The third kappa shape index (κ3) is 4.44. The fourth-order valence-electron chi connectivity index (χ4n) is 1.72. The van der Waals surface area contributed by atoms with Gasteiger partial charge in [0.15, 0.2) is 5.11 Å². The molecule has 0 aliphatic rings. The molecule has 0 aromatic heterocycles.